The van der Waals surface area contributed by atoms with Crippen LogP contribution in [0.25, 0.3) is 0 Å². The average Bonchev–Trinajstić information content (AvgIpc) is 2.78. The van der Waals surface area contributed by atoms with Gasteiger partial charge < -0.3 is 5.32 Å². The molecule has 0 radical (unpaired) electrons. The standard InChI is InChI=1S/C19H29N/c1-2-7-11-17(10-6-1)19-12-13-20-15-18(19)14-16-8-4-3-5-9-16/h3-5,8-9,17-20H,1-2,6-7,10-15H2. The summed E-state index contributed by atoms with van der Waals surface area (Å²) in [7, 11) is 0. The van der Waals surface area contributed by atoms with Gasteiger partial charge in [-0.2, -0.15) is 0 Å². The van der Waals surface area contributed by atoms with Gasteiger partial charge in [0.25, 0.3) is 0 Å². The zero-order valence-corrected chi connectivity index (χ0v) is 12.7. The van der Waals surface area contributed by atoms with Gasteiger partial charge in [0.15, 0.2) is 0 Å². The third-order valence-electron chi connectivity index (χ3n) is 5.51. The number of nitrogens with one attached hydrogen (secondary N) is 1. The Kier molecular flexibility index (Phi) is 5.13. The molecule has 1 heterocycles. The molecule has 0 amide bonds. The quantitative estimate of drug-likeness (QED) is 0.802. The minimum atomic E-state index is 0.856. The largest absolute Gasteiger partial charge is 0.316 e. The van der Waals surface area contributed by atoms with Crippen molar-refractivity contribution < 1.29 is 0 Å². The molecule has 2 aliphatic rings. The van der Waals surface area contributed by atoms with Crippen LogP contribution < -0.4 is 5.32 Å². The topological polar surface area (TPSA) is 12.0 Å². The van der Waals surface area contributed by atoms with E-state index in [0.29, 0.717) is 0 Å². The van der Waals surface area contributed by atoms with Gasteiger partial charge in [0, 0.05) is 0 Å². The summed E-state index contributed by atoms with van der Waals surface area (Å²) >= 11 is 0. The van der Waals surface area contributed by atoms with Gasteiger partial charge in [0.2, 0.25) is 0 Å². The van der Waals surface area contributed by atoms with Gasteiger partial charge in [-0.05, 0) is 49.2 Å². The smallest absolute Gasteiger partial charge is 0.00146 e. The summed E-state index contributed by atoms with van der Waals surface area (Å²) in [4.78, 5) is 0. The molecule has 1 aromatic rings. The van der Waals surface area contributed by atoms with Gasteiger partial charge in [-0.25, -0.2) is 0 Å². The zero-order valence-electron chi connectivity index (χ0n) is 12.7. The Bertz CT molecular complexity index is 378. The minimum Gasteiger partial charge on any atom is -0.316 e. The number of piperidine rings is 1. The second kappa shape index (κ2) is 7.26. The molecule has 1 heteroatoms. The van der Waals surface area contributed by atoms with Crippen molar-refractivity contribution in [2.75, 3.05) is 13.1 Å². The first-order valence-electron chi connectivity index (χ1n) is 8.68. The van der Waals surface area contributed by atoms with E-state index in [2.05, 4.69) is 35.6 Å². The fourth-order valence-electron chi connectivity index (χ4n) is 4.44. The molecule has 3 rings (SSSR count). The van der Waals surface area contributed by atoms with Gasteiger partial charge in [-0.3, -0.25) is 0 Å². The molecule has 1 saturated heterocycles. The molecule has 2 unspecified atom stereocenters. The monoisotopic (exact) mass is 271 g/mol. The Morgan fingerprint density at radius 1 is 0.900 bits per heavy atom. The summed E-state index contributed by atoms with van der Waals surface area (Å²) in [6.45, 7) is 2.47. The van der Waals surface area contributed by atoms with Crippen molar-refractivity contribution in [3.8, 4) is 0 Å². The van der Waals surface area contributed by atoms with E-state index >= 15 is 0 Å². The summed E-state index contributed by atoms with van der Waals surface area (Å²) in [6, 6.07) is 11.1. The lowest BCUT2D eigenvalue weighted by molar-refractivity contribution is 0.158. The van der Waals surface area contributed by atoms with Crippen molar-refractivity contribution in [1.82, 2.24) is 5.32 Å². The summed E-state index contributed by atoms with van der Waals surface area (Å²) in [5, 5.41) is 3.64. The van der Waals surface area contributed by atoms with Crippen molar-refractivity contribution in [2.24, 2.45) is 17.8 Å². The van der Waals surface area contributed by atoms with E-state index in [-0.39, 0.29) is 0 Å². The Labute approximate surface area is 124 Å². The van der Waals surface area contributed by atoms with E-state index in [9.17, 15) is 0 Å². The molecule has 1 aliphatic carbocycles. The highest BCUT2D eigenvalue weighted by atomic mass is 14.9. The Hall–Kier alpha value is -0.820. The SMILES string of the molecule is c1ccc(CC2CNCCC2C2CCCCCC2)cc1. The Morgan fingerprint density at radius 2 is 1.65 bits per heavy atom. The third kappa shape index (κ3) is 3.63. The molecule has 0 bridgehead atoms. The molecule has 1 N–H and O–H groups in total. The maximum absolute atomic E-state index is 3.64. The second-order valence-electron chi connectivity index (χ2n) is 6.86. The average molecular weight is 271 g/mol. The highest BCUT2D eigenvalue weighted by molar-refractivity contribution is 5.15. The van der Waals surface area contributed by atoms with Crippen molar-refractivity contribution in [1.29, 1.82) is 0 Å². The first-order valence-corrected chi connectivity index (χ1v) is 8.68. The van der Waals surface area contributed by atoms with Crippen molar-refractivity contribution in [3.63, 3.8) is 0 Å². The highest BCUT2D eigenvalue weighted by Gasteiger charge is 2.31. The lowest BCUT2D eigenvalue weighted by atomic mass is 9.72. The predicted octanol–water partition coefficient (Wildman–Crippen LogP) is 4.43. The molecule has 0 spiro atoms. The molecule has 1 aromatic carbocycles. The number of hydrogen-bond donors (Lipinski definition) is 1. The molecular formula is C19H29N. The molecule has 2 atom stereocenters. The molecule has 1 saturated carbocycles. The fourth-order valence-corrected chi connectivity index (χ4v) is 4.44. The van der Waals surface area contributed by atoms with Gasteiger partial charge in [0.05, 0.1) is 0 Å². The van der Waals surface area contributed by atoms with E-state index in [1.165, 1.54) is 70.0 Å². The van der Waals surface area contributed by atoms with E-state index in [0.717, 1.165) is 17.8 Å². The fraction of sp³-hybridized carbons (Fsp3) is 0.684. The minimum absolute atomic E-state index is 0.856. The molecule has 2 fully saturated rings. The molecule has 1 aliphatic heterocycles. The molecule has 1 nitrogen and oxygen atoms in total. The van der Waals surface area contributed by atoms with Crippen LogP contribution in [0.15, 0.2) is 30.3 Å². The van der Waals surface area contributed by atoms with E-state index in [1.54, 1.807) is 0 Å². The van der Waals surface area contributed by atoms with Crippen molar-refractivity contribution in [3.05, 3.63) is 35.9 Å². The van der Waals surface area contributed by atoms with E-state index < -0.39 is 0 Å². The third-order valence-corrected chi connectivity index (χ3v) is 5.51. The first-order chi connectivity index (χ1) is 9.93. The molecule has 0 aromatic heterocycles. The second-order valence-corrected chi connectivity index (χ2v) is 6.86. The van der Waals surface area contributed by atoms with Crippen molar-refractivity contribution in [2.45, 2.75) is 51.4 Å². The van der Waals surface area contributed by atoms with Crippen LogP contribution in [-0.4, -0.2) is 13.1 Å². The molecule has 20 heavy (non-hydrogen) atoms. The van der Waals surface area contributed by atoms with Crippen LogP contribution in [0.5, 0.6) is 0 Å². The van der Waals surface area contributed by atoms with Crippen molar-refractivity contribution >= 4 is 0 Å². The number of hydrogen-bond acceptors (Lipinski definition) is 1. The lowest BCUT2D eigenvalue weighted by Gasteiger charge is -2.37. The van der Waals surface area contributed by atoms with Gasteiger partial charge in [-0.15, -0.1) is 0 Å². The van der Waals surface area contributed by atoms with Crippen LogP contribution in [-0.2, 0) is 6.42 Å². The van der Waals surface area contributed by atoms with Gasteiger partial charge >= 0.3 is 0 Å². The van der Waals surface area contributed by atoms with Gasteiger partial charge in [0.1, 0.15) is 0 Å². The molecular weight excluding hydrogens is 242 g/mol. The number of benzene rings is 1. The Morgan fingerprint density at radius 3 is 2.40 bits per heavy atom. The summed E-state index contributed by atoms with van der Waals surface area (Å²) < 4.78 is 0. The normalized spacial score (nSPS) is 29.0. The lowest BCUT2D eigenvalue weighted by Crippen LogP contribution is -2.40. The zero-order chi connectivity index (χ0) is 13.6. The van der Waals surface area contributed by atoms with Crippen LogP contribution in [0.4, 0.5) is 0 Å². The van der Waals surface area contributed by atoms with E-state index in [4.69, 9.17) is 0 Å². The molecule has 110 valence electrons. The van der Waals surface area contributed by atoms with Crippen LogP contribution in [0.3, 0.4) is 0 Å². The van der Waals surface area contributed by atoms with Crippen LogP contribution in [0, 0.1) is 17.8 Å². The summed E-state index contributed by atoms with van der Waals surface area (Å²) in [6.07, 6.45) is 11.6. The summed E-state index contributed by atoms with van der Waals surface area (Å²) in [5.41, 5.74) is 1.53. The maximum atomic E-state index is 3.64. The van der Waals surface area contributed by atoms with E-state index in [1.807, 2.05) is 0 Å². The highest BCUT2D eigenvalue weighted by Crippen LogP contribution is 2.37. The first kappa shape index (κ1) is 14.1. The van der Waals surface area contributed by atoms with Gasteiger partial charge in [-0.1, -0.05) is 68.9 Å². The van der Waals surface area contributed by atoms with Crippen LogP contribution >= 0.6 is 0 Å². The number of rotatable bonds is 3. The van der Waals surface area contributed by atoms with Crippen LogP contribution in [0.1, 0.15) is 50.5 Å². The predicted molar refractivity (Wildman–Crippen MR) is 85.8 cm³/mol. The maximum Gasteiger partial charge on any atom is -0.00146 e. The Balaban J connectivity index is 1.66. The summed E-state index contributed by atoms with van der Waals surface area (Å²) in [5.74, 6) is 2.83. The van der Waals surface area contributed by atoms with Crippen LogP contribution in [0.2, 0.25) is 0 Å².